The van der Waals surface area contributed by atoms with E-state index < -0.39 is 12.0 Å². The Hall–Kier alpha value is -2.21. The first-order valence-electron chi connectivity index (χ1n) is 7.41. The van der Waals surface area contributed by atoms with Crippen LogP contribution in [0.3, 0.4) is 0 Å². The zero-order chi connectivity index (χ0) is 16.2. The number of hydrogen-bond acceptors (Lipinski definition) is 4. The second-order valence-electron chi connectivity index (χ2n) is 5.37. The van der Waals surface area contributed by atoms with Gasteiger partial charge in [-0.25, -0.2) is 9.18 Å². The maximum Gasteiger partial charge on any atom is 0.329 e. The van der Waals surface area contributed by atoms with E-state index in [4.69, 9.17) is 4.74 Å². The number of carbonyl (C=O) groups is 2. The number of likely N-dealkylation sites (tertiary alicyclic amines) is 1. The minimum atomic E-state index is -0.537. The molecular formula is C17H16FNO3S. The largest absolute Gasteiger partial charge is 0.459 e. The summed E-state index contributed by atoms with van der Waals surface area (Å²) in [7, 11) is 0. The summed E-state index contributed by atoms with van der Waals surface area (Å²) >= 11 is 1.36. The van der Waals surface area contributed by atoms with Crippen LogP contribution in [0.25, 0.3) is 0 Å². The highest BCUT2D eigenvalue weighted by molar-refractivity contribution is 7.12. The average molecular weight is 333 g/mol. The Morgan fingerprint density at radius 2 is 2.04 bits per heavy atom. The molecule has 0 saturated carbocycles. The molecule has 6 heteroatoms. The standard InChI is InChI=1S/C17H16FNO3S/c18-13-7-5-12(6-8-13)11-22-17(21)14-3-1-9-19(14)16(20)15-4-2-10-23-15/h2,4-8,10,14H,1,3,9,11H2. The maximum absolute atomic E-state index is 12.9. The summed E-state index contributed by atoms with van der Waals surface area (Å²) in [5, 5.41) is 1.84. The average Bonchev–Trinajstić information content (AvgIpc) is 3.24. The Labute approximate surface area is 137 Å². The van der Waals surface area contributed by atoms with Crippen LogP contribution in [-0.2, 0) is 16.1 Å². The van der Waals surface area contributed by atoms with Gasteiger partial charge >= 0.3 is 5.97 Å². The van der Waals surface area contributed by atoms with Crippen LogP contribution in [0, 0.1) is 5.82 Å². The lowest BCUT2D eigenvalue weighted by atomic mass is 10.2. The SMILES string of the molecule is O=C(OCc1ccc(F)cc1)C1CCCN1C(=O)c1cccs1. The van der Waals surface area contributed by atoms with Crippen LogP contribution in [-0.4, -0.2) is 29.4 Å². The van der Waals surface area contributed by atoms with Gasteiger partial charge in [-0.2, -0.15) is 0 Å². The third-order valence-corrected chi connectivity index (χ3v) is 4.67. The summed E-state index contributed by atoms with van der Waals surface area (Å²) < 4.78 is 18.2. The van der Waals surface area contributed by atoms with Gasteiger partial charge in [-0.05, 0) is 42.0 Å². The second-order valence-corrected chi connectivity index (χ2v) is 6.32. The summed E-state index contributed by atoms with van der Waals surface area (Å²) in [5.74, 6) is -0.860. The number of nitrogens with zero attached hydrogens (tertiary/aromatic N) is 1. The molecule has 4 nitrogen and oxygen atoms in total. The zero-order valence-electron chi connectivity index (χ0n) is 12.4. The molecule has 0 aliphatic carbocycles. The van der Waals surface area contributed by atoms with Crippen molar-refractivity contribution in [1.82, 2.24) is 4.90 Å². The molecule has 0 radical (unpaired) electrons. The van der Waals surface area contributed by atoms with E-state index >= 15 is 0 Å². The van der Waals surface area contributed by atoms with E-state index in [0.717, 1.165) is 6.42 Å². The highest BCUT2D eigenvalue weighted by Crippen LogP contribution is 2.23. The molecule has 0 bridgehead atoms. The number of esters is 1. The van der Waals surface area contributed by atoms with Crippen LogP contribution in [0.5, 0.6) is 0 Å². The quantitative estimate of drug-likeness (QED) is 0.807. The molecule has 23 heavy (non-hydrogen) atoms. The molecule has 1 aliphatic rings. The third-order valence-electron chi connectivity index (χ3n) is 3.81. The lowest BCUT2D eigenvalue weighted by Crippen LogP contribution is -2.41. The minimum Gasteiger partial charge on any atom is -0.459 e. The van der Waals surface area contributed by atoms with E-state index in [1.807, 2.05) is 11.4 Å². The van der Waals surface area contributed by atoms with E-state index in [9.17, 15) is 14.0 Å². The molecule has 2 aromatic rings. The second kappa shape index (κ2) is 6.91. The monoisotopic (exact) mass is 333 g/mol. The van der Waals surface area contributed by atoms with Crippen LogP contribution in [0.4, 0.5) is 4.39 Å². The molecule has 0 N–H and O–H groups in total. The molecule has 1 aliphatic heterocycles. The van der Waals surface area contributed by atoms with Gasteiger partial charge in [0.05, 0.1) is 4.88 Å². The summed E-state index contributed by atoms with van der Waals surface area (Å²) in [6.07, 6.45) is 1.40. The summed E-state index contributed by atoms with van der Waals surface area (Å²) in [4.78, 5) is 26.9. The van der Waals surface area contributed by atoms with Crippen molar-refractivity contribution in [1.29, 1.82) is 0 Å². The van der Waals surface area contributed by atoms with Gasteiger partial charge in [-0.3, -0.25) is 4.79 Å². The third kappa shape index (κ3) is 3.59. The fourth-order valence-corrected chi connectivity index (χ4v) is 3.31. The van der Waals surface area contributed by atoms with E-state index in [1.54, 1.807) is 23.1 Å². The molecule has 1 unspecified atom stereocenters. The Morgan fingerprint density at radius 1 is 1.26 bits per heavy atom. The summed E-state index contributed by atoms with van der Waals surface area (Å²) in [5.41, 5.74) is 0.717. The van der Waals surface area contributed by atoms with Gasteiger partial charge in [0.2, 0.25) is 0 Å². The van der Waals surface area contributed by atoms with Crippen molar-refractivity contribution in [3.05, 3.63) is 58.0 Å². The topological polar surface area (TPSA) is 46.6 Å². The zero-order valence-corrected chi connectivity index (χ0v) is 13.2. The molecule has 120 valence electrons. The molecule has 2 heterocycles. The molecule has 1 atom stereocenters. The van der Waals surface area contributed by atoms with Crippen molar-refractivity contribution < 1.29 is 18.7 Å². The smallest absolute Gasteiger partial charge is 0.329 e. The number of thiophene rings is 1. The van der Waals surface area contributed by atoms with Crippen molar-refractivity contribution in [3.8, 4) is 0 Å². The predicted octanol–water partition coefficient (Wildman–Crippen LogP) is 3.24. The predicted molar refractivity (Wildman–Crippen MR) is 84.6 cm³/mol. The van der Waals surface area contributed by atoms with Crippen LogP contribution < -0.4 is 0 Å². The molecule has 1 fully saturated rings. The Morgan fingerprint density at radius 3 is 2.74 bits per heavy atom. The Balaban J connectivity index is 1.61. The van der Waals surface area contributed by atoms with Crippen molar-refractivity contribution in [2.24, 2.45) is 0 Å². The molecule has 1 saturated heterocycles. The lowest BCUT2D eigenvalue weighted by Gasteiger charge is -2.22. The van der Waals surface area contributed by atoms with Crippen molar-refractivity contribution in [2.75, 3.05) is 6.54 Å². The number of ether oxygens (including phenoxy) is 1. The van der Waals surface area contributed by atoms with Gasteiger partial charge in [0.25, 0.3) is 5.91 Å². The normalized spacial score (nSPS) is 17.3. The van der Waals surface area contributed by atoms with Crippen LogP contribution >= 0.6 is 11.3 Å². The highest BCUT2D eigenvalue weighted by atomic mass is 32.1. The van der Waals surface area contributed by atoms with Crippen LogP contribution in [0.2, 0.25) is 0 Å². The first kappa shape index (κ1) is 15.7. The van der Waals surface area contributed by atoms with Gasteiger partial charge in [0.1, 0.15) is 18.5 Å². The van der Waals surface area contributed by atoms with Gasteiger partial charge in [0.15, 0.2) is 0 Å². The number of hydrogen-bond donors (Lipinski definition) is 0. The van der Waals surface area contributed by atoms with Gasteiger partial charge in [0, 0.05) is 6.54 Å². The fourth-order valence-electron chi connectivity index (χ4n) is 2.63. The summed E-state index contributed by atoms with van der Waals surface area (Å²) in [6, 6.07) is 8.83. The van der Waals surface area contributed by atoms with Gasteiger partial charge in [-0.1, -0.05) is 18.2 Å². The van der Waals surface area contributed by atoms with Crippen molar-refractivity contribution in [2.45, 2.75) is 25.5 Å². The fraction of sp³-hybridized carbons (Fsp3) is 0.294. The molecule has 1 aromatic heterocycles. The first-order chi connectivity index (χ1) is 11.1. The van der Waals surface area contributed by atoms with Crippen molar-refractivity contribution in [3.63, 3.8) is 0 Å². The molecule has 1 amide bonds. The lowest BCUT2D eigenvalue weighted by molar-refractivity contribution is -0.149. The van der Waals surface area contributed by atoms with Crippen LogP contribution in [0.15, 0.2) is 41.8 Å². The number of rotatable bonds is 4. The molecule has 0 spiro atoms. The summed E-state index contributed by atoms with van der Waals surface area (Å²) in [6.45, 7) is 0.643. The Bertz CT molecular complexity index is 684. The molecule has 3 rings (SSSR count). The number of amides is 1. The maximum atomic E-state index is 12.9. The van der Waals surface area contributed by atoms with E-state index in [0.29, 0.717) is 23.4 Å². The van der Waals surface area contributed by atoms with E-state index in [-0.39, 0.29) is 18.3 Å². The van der Waals surface area contributed by atoms with Crippen LogP contribution in [0.1, 0.15) is 28.1 Å². The molecular weight excluding hydrogens is 317 g/mol. The molecule has 1 aromatic carbocycles. The number of halogens is 1. The van der Waals surface area contributed by atoms with Gasteiger partial charge < -0.3 is 9.64 Å². The number of benzene rings is 1. The van der Waals surface area contributed by atoms with E-state index in [1.165, 1.54) is 23.5 Å². The van der Waals surface area contributed by atoms with Crippen molar-refractivity contribution >= 4 is 23.2 Å². The highest BCUT2D eigenvalue weighted by Gasteiger charge is 2.35. The number of carbonyl (C=O) groups excluding carboxylic acids is 2. The first-order valence-corrected chi connectivity index (χ1v) is 8.28. The van der Waals surface area contributed by atoms with E-state index in [2.05, 4.69) is 0 Å². The van der Waals surface area contributed by atoms with Gasteiger partial charge in [-0.15, -0.1) is 11.3 Å². The minimum absolute atomic E-state index is 0.0800. The Kier molecular flexibility index (Phi) is 4.71.